The molecule has 0 bridgehead atoms. The molecule has 98 valence electrons. The average Bonchev–Trinajstić information content (AvgIpc) is 2.37. The molecule has 0 aliphatic heterocycles. The van der Waals surface area contributed by atoms with Crippen LogP contribution < -0.4 is 5.32 Å². The number of hydrogen-bond acceptors (Lipinski definition) is 3. The van der Waals surface area contributed by atoms with Gasteiger partial charge in [0.25, 0.3) is 6.47 Å². The minimum atomic E-state index is 0.417. The predicted molar refractivity (Wildman–Crippen MR) is 71.8 cm³/mol. The van der Waals surface area contributed by atoms with E-state index in [-0.39, 0.29) is 0 Å². The Hall–Kier alpha value is -1.09. The summed E-state index contributed by atoms with van der Waals surface area (Å²) < 4.78 is 4.57. The highest BCUT2D eigenvalue weighted by atomic mass is 16.5. The summed E-state index contributed by atoms with van der Waals surface area (Å²) in [6.45, 7) is 7.50. The molecule has 17 heavy (non-hydrogen) atoms. The van der Waals surface area contributed by atoms with Gasteiger partial charge in [0.15, 0.2) is 0 Å². The monoisotopic (exact) mass is 239 g/mol. The smallest absolute Gasteiger partial charge is 0.293 e. The molecule has 0 heterocycles. The minimum Gasteiger partial charge on any atom is -0.463 e. The molecule has 0 radical (unpaired) electrons. The van der Waals surface area contributed by atoms with Crippen LogP contribution in [-0.4, -0.2) is 26.2 Å². The second kappa shape index (κ2) is 10.1. The highest BCUT2D eigenvalue weighted by Gasteiger charge is 2.00. The molecule has 0 spiro atoms. The topological polar surface area (TPSA) is 38.3 Å². The standard InChI is InChI=1S/C8H10O2.C6H15N/c9-7-10-6-8-4-2-1-3-5-8;1-5(2)6(3)7-4/h2,4-5,7H,1,3,6H2;5-7H,1-4H3. The fourth-order valence-corrected chi connectivity index (χ4v) is 1.24. The maximum Gasteiger partial charge on any atom is 0.293 e. The van der Waals surface area contributed by atoms with Crippen molar-refractivity contribution in [3.05, 3.63) is 23.8 Å². The van der Waals surface area contributed by atoms with Crippen LogP contribution >= 0.6 is 0 Å². The van der Waals surface area contributed by atoms with Crippen molar-refractivity contribution in [1.82, 2.24) is 5.32 Å². The molecular weight excluding hydrogens is 214 g/mol. The summed E-state index contributed by atoms with van der Waals surface area (Å²) in [5.41, 5.74) is 1.10. The zero-order valence-electron chi connectivity index (χ0n) is 11.4. The summed E-state index contributed by atoms with van der Waals surface area (Å²) in [5.74, 6) is 0.755. The Morgan fingerprint density at radius 3 is 2.47 bits per heavy atom. The van der Waals surface area contributed by atoms with E-state index in [1.54, 1.807) is 0 Å². The van der Waals surface area contributed by atoms with Gasteiger partial charge in [-0.1, -0.05) is 32.1 Å². The molecule has 0 aromatic carbocycles. The molecule has 0 saturated heterocycles. The summed E-state index contributed by atoms with van der Waals surface area (Å²) in [6.07, 6.45) is 8.33. The van der Waals surface area contributed by atoms with Gasteiger partial charge < -0.3 is 10.1 Å². The Morgan fingerprint density at radius 1 is 1.41 bits per heavy atom. The van der Waals surface area contributed by atoms with E-state index in [0.717, 1.165) is 24.3 Å². The van der Waals surface area contributed by atoms with Crippen LogP contribution in [0.3, 0.4) is 0 Å². The lowest BCUT2D eigenvalue weighted by atomic mass is 10.1. The van der Waals surface area contributed by atoms with E-state index in [4.69, 9.17) is 0 Å². The molecule has 0 fully saturated rings. The Kier molecular flexibility index (Phi) is 9.44. The second-order valence-electron chi connectivity index (χ2n) is 4.49. The fourth-order valence-electron chi connectivity index (χ4n) is 1.24. The molecule has 1 N–H and O–H groups in total. The van der Waals surface area contributed by atoms with Crippen LogP contribution in [-0.2, 0) is 9.53 Å². The first kappa shape index (κ1) is 15.9. The lowest BCUT2D eigenvalue weighted by molar-refractivity contribution is -0.127. The van der Waals surface area contributed by atoms with E-state index in [1.165, 1.54) is 0 Å². The summed E-state index contributed by atoms with van der Waals surface area (Å²) in [4.78, 5) is 9.77. The van der Waals surface area contributed by atoms with Crippen LogP contribution in [0.1, 0.15) is 33.6 Å². The van der Waals surface area contributed by atoms with Gasteiger partial charge in [-0.15, -0.1) is 0 Å². The van der Waals surface area contributed by atoms with Crippen LogP contribution in [0.15, 0.2) is 23.8 Å². The van der Waals surface area contributed by atoms with E-state index in [9.17, 15) is 4.79 Å². The van der Waals surface area contributed by atoms with Crippen molar-refractivity contribution in [2.45, 2.75) is 39.7 Å². The van der Waals surface area contributed by atoms with Crippen molar-refractivity contribution in [3.63, 3.8) is 0 Å². The van der Waals surface area contributed by atoms with Crippen LogP contribution in [0.4, 0.5) is 0 Å². The van der Waals surface area contributed by atoms with Gasteiger partial charge >= 0.3 is 0 Å². The Morgan fingerprint density at radius 2 is 2.12 bits per heavy atom. The molecule has 1 aliphatic rings. The maximum absolute atomic E-state index is 9.77. The van der Waals surface area contributed by atoms with Gasteiger partial charge in [0.1, 0.15) is 6.61 Å². The largest absolute Gasteiger partial charge is 0.463 e. The van der Waals surface area contributed by atoms with E-state index >= 15 is 0 Å². The molecule has 1 aliphatic carbocycles. The van der Waals surface area contributed by atoms with E-state index < -0.39 is 0 Å². The maximum atomic E-state index is 9.77. The van der Waals surface area contributed by atoms with Crippen molar-refractivity contribution in [2.24, 2.45) is 5.92 Å². The van der Waals surface area contributed by atoms with Crippen molar-refractivity contribution in [3.8, 4) is 0 Å². The number of carbonyl (C=O) groups excluding carboxylic acids is 1. The Labute approximate surface area is 105 Å². The quantitative estimate of drug-likeness (QED) is 0.750. The van der Waals surface area contributed by atoms with Gasteiger partial charge in [-0.3, -0.25) is 4.79 Å². The second-order valence-corrected chi connectivity index (χ2v) is 4.49. The van der Waals surface area contributed by atoms with Crippen LogP contribution in [0.25, 0.3) is 0 Å². The number of carbonyl (C=O) groups is 1. The van der Waals surface area contributed by atoms with Crippen molar-refractivity contribution >= 4 is 6.47 Å². The summed E-state index contributed by atoms with van der Waals surface area (Å²) in [5, 5.41) is 3.16. The minimum absolute atomic E-state index is 0.417. The average molecular weight is 239 g/mol. The third-order valence-corrected chi connectivity index (χ3v) is 2.85. The number of allylic oxidation sites excluding steroid dienone is 2. The number of hydrogen-bond donors (Lipinski definition) is 1. The molecule has 1 atom stereocenters. The van der Waals surface area contributed by atoms with Crippen molar-refractivity contribution in [2.75, 3.05) is 13.7 Å². The van der Waals surface area contributed by atoms with Crippen LogP contribution in [0.2, 0.25) is 0 Å². The molecular formula is C14H25NO2. The van der Waals surface area contributed by atoms with E-state index in [2.05, 4.69) is 43.0 Å². The fraction of sp³-hybridized carbons (Fsp3) is 0.643. The van der Waals surface area contributed by atoms with Gasteiger partial charge in [0, 0.05) is 6.04 Å². The summed E-state index contributed by atoms with van der Waals surface area (Å²) in [7, 11) is 1.99. The normalized spacial score (nSPS) is 15.7. The van der Waals surface area contributed by atoms with Gasteiger partial charge in [-0.2, -0.15) is 0 Å². The zero-order chi connectivity index (χ0) is 13.1. The Balaban J connectivity index is 0.000000325. The predicted octanol–water partition coefficient (Wildman–Crippen LogP) is 2.69. The lowest BCUT2D eigenvalue weighted by Crippen LogP contribution is -2.26. The van der Waals surface area contributed by atoms with Crippen molar-refractivity contribution < 1.29 is 9.53 Å². The first-order valence-electron chi connectivity index (χ1n) is 6.19. The van der Waals surface area contributed by atoms with Crippen LogP contribution in [0, 0.1) is 5.92 Å². The van der Waals surface area contributed by atoms with Crippen molar-refractivity contribution in [1.29, 1.82) is 0 Å². The first-order valence-corrected chi connectivity index (χ1v) is 6.19. The molecule has 0 saturated carbocycles. The van der Waals surface area contributed by atoms with Gasteiger partial charge in [-0.05, 0) is 38.3 Å². The van der Waals surface area contributed by atoms with E-state index in [1.807, 2.05) is 13.1 Å². The molecule has 1 rings (SSSR count). The number of rotatable bonds is 5. The highest BCUT2D eigenvalue weighted by molar-refractivity contribution is 5.38. The highest BCUT2D eigenvalue weighted by Crippen LogP contribution is 2.08. The summed E-state index contributed by atoms with van der Waals surface area (Å²) >= 11 is 0. The SMILES string of the molecule is CNC(C)C(C)C.O=COCC1=CCCC=C1. The number of nitrogens with one attached hydrogen (secondary N) is 1. The van der Waals surface area contributed by atoms with E-state index in [0.29, 0.717) is 19.1 Å². The third kappa shape index (κ3) is 8.69. The zero-order valence-corrected chi connectivity index (χ0v) is 11.4. The summed E-state index contributed by atoms with van der Waals surface area (Å²) in [6, 6.07) is 0.653. The van der Waals surface area contributed by atoms with Gasteiger partial charge in [0.2, 0.25) is 0 Å². The number of ether oxygens (including phenoxy) is 1. The molecule has 1 unspecified atom stereocenters. The molecule has 0 amide bonds. The third-order valence-electron chi connectivity index (χ3n) is 2.85. The van der Waals surface area contributed by atoms with Gasteiger partial charge in [-0.25, -0.2) is 0 Å². The first-order chi connectivity index (χ1) is 8.11. The molecule has 3 heteroatoms. The molecule has 3 nitrogen and oxygen atoms in total. The molecule has 0 aromatic rings. The Bertz CT molecular complexity index is 257. The lowest BCUT2D eigenvalue weighted by Gasteiger charge is -2.12. The molecule has 0 aromatic heterocycles. The van der Waals surface area contributed by atoms with Crippen LogP contribution in [0.5, 0.6) is 0 Å². The van der Waals surface area contributed by atoms with Gasteiger partial charge in [0.05, 0.1) is 0 Å².